The van der Waals surface area contributed by atoms with E-state index in [1.807, 2.05) is 13.8 Å². The van der Waals surface area contributed by atoms with Gasteiger partial charge < -0.3 is 9.64 Å². The van der Waals surface area contributed by atoms with E-state index < -0.39 is 0 Å². The maximum absolute atomic E-state index is 11.5. The first-order valence-corrected chi connectivity index (χ1v) is 4.71. The summed E-state index contributed by atoms with van der Waals surface area (Å²) in [5.74, 6) is -0.0863. The van der Waals surface area contributed by atoms with Crippen LogP contribution in [0.3, 0.4) is 0 Å². The lowest BCUT2D eigenvalue weighted by Gasteiger charge is -2.28. The number of methoxy groups -OCH3 is 1. The summed E-state index contributed by atoms with van der Waals surface area (Å²) in [5.41, 5.74) is -0.333. The lowest BCUT2D eigenvalue weighted by atomic mass is 10.1. The molecule has 0 saturated carbocycles. The van der Waals surface area contributed by atoms with Crippen LogP contribution in [-0.2, 0) is 9.53 Å². The number of hydrogen-bond acceptors (Lipinski definition) is 3. The Morgan fingerprint density at radius 2 is 2.36 bits per heavy atom. The van der Waals surface area contributed by atoms with Gasteiger partial charge in [0.15, 0.2) is 0 Å². The number of amides is 1. The van der Waals surface area contributed by atoms with Crippen molar-refractivity contribution in [1.82, 2.24) is 4.90 Å². The minimum Gasteiger partial charge on any atom is -0.377 e. The third-order valence-electron chi connectivity index (χ3n) is 2.52. The van der Waals surface area contributed by atoms with E-state index in [0.717, 1.165) is 0 Å². The quantitative estimate of drug-likeness (QED) is 0.670. The number of carbonyl (C=O) groups is 1. The number of ether oxygens (including phenoxy) is 1. The summed E-state index contributed by atoms with van der Waals surface area (Å²) in [6.07, 6.45) is 0.357. The summed E-state index contributed by atoms with van der Waals surface area (Å²) in [4.78, 5) is 13.2. The van der Waals surface area contributed by atoms with Gasteiger partial charge in [-0.15, -0.1) is 0 Å². The van der Waals surface area contributed by atoms with Gasteiger partial charge in [0.25, 0.3) is 0 Å². The molecular weight excluding hydrogens is 180 g/mol. The Balaban J connectivity index is 2.56. The average molecular weight is 196 g/mol. The fourth-order valence-corrected chi connectivity index (χ4v) is 1.54. The molecule has 1 unspecified atom stereocenters. The SMILES string of the molecule is COC(C)(C)CN1CC(C#N)CC1=O. The van der Waals surface area contributed by atoms with Gasteiger partial charge in [-0.05, 0) is 13.8 Å². The summed E-state index contributed by atoms with van der Waals surface area (Å²) in [6, 6.07) is 2.12. The number of likely N-dealkylation sites (tertiary alicyclic amines) is 1. The maximum Gasteiger partial charge on any atom is 0.224 e. The van der Waals surface area contributed by atoms with Crippen molar-refractivity contribution in [2.24, 2.45) is 5.92 Å². The highest BCUT2D eigenvalue weighted by Crippen LogP contribution is 2.20. The molecule has 1 amide bonds. The van der Waals surface area contributed by atoms with Gasteiger partial charge in [-0.2, -0.15) is 5.26 Å². The molecule has 1 rings (SSSR count). The second kappa shape index (κ2) is 3.97. The van der Waals surface area contributed by atoms with Crippen molar-refractivity contribution in [2.45, 2.75) is 25.9 Å². The highest BCUT2D eigenvalue weighted by Gasteiger charge is 2.33. The first-order chi connectivity index (χ1) is 6.48. The van der Waals surface area contributed by atoms with Crippen molar-refractivity contribution in [3.63, 3.8) is 0 Å². The molecule has 14 heavy (non-hydrogen) atoms. The molecule has 1 atom stereocenters. The van der Waals surface area contributed by atoms with Crippen molar-refractivity contribution < 1.29 is 9.53 Å². The minimum atomic E-state index is -0.333. The van der Waals surface area contributed by atoms with Crippen LogP contribution < -0.4 is 0 Å². The summed E-state index contributed by atoms with van der Waals surface area (Å²) in [6.45, 7) is 4.96. The van der Waals surface area contributed by atoms with Gasteiger partial charge >= 0.3 is 0 Å². The monoisotopic (exact) mass is 196 g/mol. The molecule has 1 heterocycles. The highest BCUT2D eigenvalue weighted by molar-refractivity contribution is 5.79. The van der Waals surface area contributed by atoms with Gasteiger partial charge in [-0.1, -0.05) is 0 Å². The molecule has 0 aromatic heterocycles. The van der Waals surface area contributed by atoms with Gasteiger partial charge in [0.1, 0.15) is 0 Å². The molecule has 0 aromatic rings. The van der Waals surface area contributed by atoms with Crippen molar-refractivity contribution in [1.29, 1.82) is 5.26 Å². The van der Waals surface area contributed by atoms with Crippen LogP contribution in [0.1, 0.15) is 20.3 Å². The summed E-state index contributed by atoms with van der Waals surface area (Å²) in [7, 11) is 1.63. The van der Waals surface area contributed by atoms with Crippen molar-refractivity contribution in [3.05, 3.63) is 0 Å². The zero-order chi connectivity index (χ0) is 10.8. The largest absolute Gasteiger partial charge is 0.377 e. The number of hydrogen-bond donors (Lipinski definition) is 0. The van der Waals surface area contributed by atoms with Gasteiger partial charge in [-0.25, -0.2) is 0 Å². The molecule has 0 spiro atoms. The van der Waals surface area contributed by atoms with Crippen LogP contribution in [0.4, 0.5) is 0 Å². The van der Waals surface area contributed by atoms with E-state index in [-0.39, 0.29) is 17.4 Å². The van der Waals surface area contributed by atoms with E-state index in [4.69, 9.17) is 10.00 Å². The number of nitrogens with zero attached hydrogens (tertiary/aromatic N) is 2. The number of nitriles is 1. The van der Waals surface area contributed by atoms with Gasteiger partial charge in [0.05, 0.1) is 17.6 Å². The van der Waals surface area contributed by atoms with Crippen molar-refractivity contribution in [3.8, 4) is 6.07 Å². The molecule has 1 aliphatic rings. The number of rotatable bonds is 3. The third kappa shape index (κ3) is 2.46. The number of carbonyl (C=O) groups excluding carboxylic acids is 1. The van der Waals surface area contributed by atoms with Gasteiger partial charge in [0.2, 0.25) is 5.91 Å². The first kappa shape index (κ1) is 11.0. The van der Waals surface area contributed by atoms with Crippen LogP contribution in [0, 0.1) is 17.2 Å². The highest BCUT2D eigenvalue weighted by atomic mass is 16.5. The predicted octanol–water partition coefficient (Wildman–Crippen LogP) is 0.783. The van der Waals surface area contributed by atoms with E-state index in [9.17, 15) is 4.79 Å². The van der Waals surface area contributed by atoms with Crippen LogP contribution in [0.5, 0.6) is 0 Å². The average Bonchev–Trinajstić information content (AvgIpc) is 2.47. The molecule has 1 saturated heterocycles. The lowest BCUT2D eigenvalue weighted by molar-refractivity contribution is -0.130. The Morgan fingerprint density at radius 1 is 1.71 bits per heavy atom. The molecular formula is C10H16N2O2. The summed E-state index contributed by atoms with van der Waals surface area (Å²) >= 11 is 0. The molecule has 0 aliphatic carbocycles. The Labute approximate surface area is 84.4 Å². The Bertz CT molecular complexity index is 268. The molecule has 0 bridgehead atoms. The van der Waals surface area contributed by atoms with Crippen LogP contribution in [-0.4, -0.2) is 36.6 Å². The van der Waals surface area contributed by atoms with E-state index in [2.05, 4.69) is 6.07 Å². The van der Waals surface area contributed by atoms with E-state index in [0.29, 0.717) is 19.5 Å². The lowest BCUT2D eigenvalue weighted by Crippen LogP contribution is -2.40. The minimum absolute atomic E-state index is 0.0571. The molecule has 1 fully saturated rings. The van der Waals surface area contributed by atoms with Gasteiger partial charge in [-0.3, -0.25) is 4.79 Å². The normalized spacial score (nSPS) is 22.6. The van der Waals surface area contributed by atoms with E-state index in [1.54, 1.807) is 12.0 Å². The van der Waals surface area contributed by atoms with Crippen molar-refractivity contribution >= 4 is 5.91 Å². The smallest absolute Gasteiger partial charge is 0.224 e. The van der Waals surface area contributed by atoms with Crippen molar-refractivity contribution in [2.75, 3.05) is 20.2 Å². The van der Waals surface area contributed by atoms with Crippen LogP contribution in [0.25, 0.3) is 0 Å². The zero-order valence-corrected chi connectivity index (χ0v) is 8.91. The van der Waals surface area contributed by atoms with Crippen LogP contribution >= 0.6 is 0 Å². The summed E-state index contributed by atoms with van der Waals surface area (Å²) < 4.78 is 5.24. The molecule has 0 aromatic carbocycles. The second-order valence-corrected chi connectivity index (χ2v) is 4.27. The first-order valence-electron chi connectivity index (χ1n) is 4.71. The van der Waals surface area contributed by atoms with Gasteiger partial charge in [0, 0.05) is 26.6 Å². The van der Waals surface area contributed by atoms with Crippen LogP contribution in [0.15, 0.2) is 0 Å². The fraction of sp³-hybridized carbons (Fsp3) is 0.800. The van der Waals surface area contributed by atoms with Crippen LogP contribution in [0.2, 0.25) is 0 Å². The molecule has 0 N–H and O–H groups in total. The third-order valence-corrected chi connectivity index (χ3v) is 2.52. The maximum atomic E-state index is 11.5. The molecule has 4 nitrogen and oxygen atoms in total. The predicted molar refractivity (Wildman–Crippen MR) is 51.4 cm³/mol. The molecule has 0 radical (unpaired) electrons. The standard InChI is InChI=1S/C10H16N2O2/c1-10(2,14-3)7-12-6-8(5-11)4-9(12)13/h8H,4,6-7H2,1-3H3. The Kier molecular flexibility index (Phi) is 3.12. The molecule has 1 aliphatic heterocycles. The Hall–Kier alpha value is -1.08. The second-order valence-electron chi connectivity index (χ2n) is 4.27. The Morgan fingerprint density at radius 3 is 2.79 bits per heavy atom. The topological polar surface area (TPSA) is 53.3 Å². The fourth-order valence-electron chi connectivity index (χ4n) is 1.54. The van der Waals surface area contributed by atoms with E-state index >= 15 is 0 Å². The molecule has 4 heteroatoms. The molecule has 78 valence electrons. The zero-order valence-electron chi connectivity index (χ0n) is 8.91. The van der Waals surface area contributed by atoms with E-state index in [1.165, 1.54) is 0 Å². The summed E-state index contributed by atoms with van der Waals surface area (Å²) in [5, 5.41) is 8.70.